The fraction of sp³-hybridized carbons (Fsp3) is 0.300. The van der Waals surface area contributed by atoms with E-state index < -0.39 is 5.40 Å². The zero-order valence-electron chi connectivity index (χ0n) is 8.88. The fourth-order valence-electron chi connectivity index (χ4n) is 1.13. The molecule has 2 aromatic rings. The SMILES string of the molecule is CC.[B]C([B])(O)c1cn2ccccc2n1. The largest absolute Gasteiger partial charge is 0.403 e. The van der Waals surface area contributed by atoms with Crippen LogP contribution in [0.2, 0.25) is 0 Å². The molecule has 0 atom stereocenters. The van der Waals surface area contributed by atoms with Crippen LogP contribution in [0.15, 0.2) is 30.6 Å². The van der Waals surface area contributed by atoms with Gasteiger partial charge in [-0.3, -0.25) is 0 Å². The van der Waals surface area contributed by atoms with Crippen molar-refractivity contribution in [1.82, 2.24) is 9.38 Å². The summed E-state index contributed by atoms with van der Waals surface area (Å²) in [5.74, 6) is 0. The number of nitrogens with zero attached hydrogens (tertiary/aromatic N) is 2. The maximum atomic E-state index is 9.27. The van der Waals surface area contributed by atoms with Crippen molar-refractivity contribution >= 4 is 21.3 Å². The van der Waals surface area contributed by atoms with Crippen molar-refractivity contribution < 1.29 is 5.11 Å². The molecule has 0 aliphatic heterocycles. The van der Waals surface area contributed by atoms with Gasteiger partial charge in [-0.05, 0) is 12.1 Å². The van der Waals surface area contributed by atoms with Gasteiger partial charge in [-0.1, -0.05) is 19.9 Å². The summed E-state index contributed by atoms with van der Waals surface area (Å²) in [5, 5.41) is 7.40. The van der Waals surface area contributed by atoms with E-state index in [-0.39, 0.29) is 5.69 Å². The van der Waals surface area contributed by atoms with Crippen molar-refractivity contribution in [1.29, 1.82) is 0 Å². The van der Waals surface area contributed by atoms with Crippen molar-refractivity contribution in [3.05, 3.63) is 36.3 Å². The molecule has 74 valence electrons. The lowest BCUT2D eigenvalue weighted by atomic mass is 9.64. The first-order valence-electron chi connectivity index (χ1n) is 4.82. The average Bonchev–Trinajstić information content (AvgIpc) is 2.63. The average molecular weight is 198 g/mol. The predicted molar refractivity (Wildman–Crippen MR) is 61.9 cm³/mol. The summed E-state index contributed by atoms with van der Waals surface area (Å²) in [5.41, 5.74) is 0.950. The third-order valence-electron chi connectivity index (χ3n) is 1.77. The highest BCUT2D eigenvalue weighted by Crippen LogP contribution is 2.13. The summed E-state index contributed by atoms with van der Waals surface area (Å²) in [4.78, 5) is 4.05. The number of rotatable bonds is 1. The van der Waals surface area contributed by atoms with Gasteiger partial charge < -0.3 is 9.51 Å². The van der Waals surface area contributed by atoms with Crippen LogP contribution < -0.4 is 0 Å². The van der Waals surface area contributed by atoms with Crippen LogP contribution in [0.5, 0.6) is 0 Å². The Kier molecular flexibility index (Phi) is 3.58. The van der Waals surface area contributed by atoms with Crippen LogP contribution in [0.1, 0.15) is 19.5 Å². The Bertz CT molecular complexity index is 401. The van der Waals surface area contributed by atoms with Crippen LogP contribution in [0.25, 0.3) is 5.65 Å². The maximum absolute atomic E-state index is 9.27. The normalized spacial score (nSPS) is 10.9. The Morgan fingerprint density at radius 2 is 2.00 bits per heavy atom. The minimum absolute atomic E-state index is 0.249. The lowest BCUT2D eigenvalue weighted by Gasteiger charge is -2.13. The van der Waals surface area contributed by atoms with E-state index in [9.17, 15) is 5.11 Å². The Balaban J connectivity index is 0.000000531. The van der Waals surface area contributed by atoms with E-state index in [0.717, 1.165) is 0 Å². The van der Waals surface area contributed by atoms with Crippen LogP contribution >= 0.6 is 0 Å². The van der Waals surface area contributed by atoms with Crippen molar-refractivity contribution in [3.8, 4) is 0 Å². The topological polar surface area (TPSA) is 37.5 Å². The number of imidazole rings is 1. The van der Waals surface area contributed by atoms with Gasteiger partial charge in [0, 0.05) is 17.8 Å². The molecule has 0 aromatic carbocycles. The van der Waals surface area contributed by atoms with Crippen LogP contribution in [0.4, 0.5) is 0 Å². The molecule has 15 heavy (non-hydrogen) atoms. The van der Waals surface area contributed by atoms with Crippen molar-refractivity contribution in [2.75, 3.05) is 0 Å². The molecular weight excluding hydrogens is 186 g/mol. The molecule has 0 bridgehead atoms. The van der Waals surface area contributed by atoms with Crippen molar-refractivity contribution in [2.45, 2.75) is 19.2 Å². The zero-order chi connectivity index (χ0) is 11.5. The highest BCUT2D eigenvalue weighted by Gasteiger charge is 2.18. The summed E-state index contributed by atoms with van der Waals surface area (Å²) < 4.78 is 1.74. The standard InChI is InChI=1S/C8H6B2N2O.C2H6/c9-8(10,13)6-5-12-4-2-1-3-7(12)11-6;1-2/h1-5,13H;1-2H3. The van der Waals surface area contributed by atoms with E-state index in [1.165, 1.54) is 0 Å². The molecule has 5 heteroatoms. The number of pyridine rings is 1. The van der Waals surface area contributed by atoms with Gasteiger partial charge in [0.25, 0.3) is 0 Å². The van der Waals surface area contributed by atoms with Crippen LogP contribution in [0.3, 0.4) is 0 Å². The number of fused-ring (bicyclic) bond motifs is 1. The molecule has 0 spiro atoms. The lowest BCUT2D eigenvalue weighted by molar-refractivity contribution is 0.212. The summed E-state index contributed by atoms with van der Waals surface area (Å²) in [6.07, 6.45) is 3.40. The van der Waals surface area contributed by atoms with Crippen LogP contribution in [-0.2, 0) is 5.40 Å². The van der Waals surface area contributed by atoms with E-state index in [1.54, 1.807) is 22.9 Å². The lowest BCUT2D eigenvalue weighted by Crippen LogP contribution is -2.26. The van der Waals surface area contributed by atoms with E-state index >= 15 is 0 Å². The molecule has 0 amide bonds. The Morgan fingerprint density at radius 3 is 2.53 bits per heavy atom. The first kappa shape index (κ1) is 11.9. The molecule has 0 fully saturated rings. The molecule has 3 nitrogen and oxygen atoms in total. The molecule has 1 N–H and O–H groups in total. The number of hydrogen-bond acceptors (Lipinski definition) is 2. The second-order valence-electron chi connectivity index (χ2n) is 2.92. The minimum Gasteiger partial charge on any atom is -0.403 e. The Labute approximate surface area is 92.0 Å². The monoisotopic (exact) mass is 198 g/mol. The van der Waals surface area contributed by atoms with Gasteiger partial charge in [0.15, 0.2) is 0 Å². The third kappa shape index (κ3) is 2.63. The van der Waals surface area contributed by atoms with Gasteiger partial charge in [0.2, 0.25) is 0 Å². The van der Waals surface area contributed by atoms with Gasteiger partial charge in [-0.2, -0.15) is 0 Å². The summed E-state index contributed by atoms with van der Waals surface area (Å²) in [7, 11) is 10.6. The van der Waals surface area contributed by atoms with E-state index in [4.69, 9.17) is 15.7 Å². The molecule has 0 aliphatic rings. The minimum atomic E-state index is -1.87. The van der Waals surface area contributed by atoms with Crippen molar-refractivity contribution in [3.63, 3.8) is 0 Å². The highest BCUT2D eigenvalue weighted by atomic mass is 16.3. The number of aliphatic hydroxyl groups is 1. The summed E-state index contributed by atoms with van der Waals surface area (Å²) in [6, 6.07) is 5.50. The number of hydrogen-bond donors (Lipinski definition) is 1. The maximum Gasteiger partial charge on any atom is 0.137 e. The first-order chi connectivity index (χ1) is 7.07. The molecule has 4 radical (unpaired) electrons. The van der Waals surface area contributed by atoms with Crippen LogP contribution in [-0.4, -0.2) is 30.2 Å². The van der Waals surface area contributed by atoms with Gasteiger partial charge >= 0.3 is 0 Å². The quantitative estimate of drug-likeness (QED) is 0.688. The molecule has 2 heterocycles. The molecule has 0 unspecified atom stereocenters. The summed E-state index contributed by atoms with van der Waals surface area (Å²) in [6.45, 7) is 4.00. The first-order valence-corrected chi connectivity index (χ1v) is 4.82. The molecule has 2 aromatic heterocycles. The predicted octanol–water partition coefficient (Wildman–Crippen LogP) is 0.800. The van der Waals surface area contributed by atoms with E-state index in [2.05, 4.69) is 4.98 Å². The second-order valence-corrected chi connectivity index (χ2v) is 2.92. The molecule has 0 saturated heterocycles. The molecule has 0 aliphatic carbocycles. The molecule has 2 rings (SSSR count). The van der Waals surface area contributed by atoms with Crippen LogP contribution in [0, 0.1) is 0 Å². The third-order valence-corrected chi connectivity index (χ3v) is 1.77. The number of aromatic nitrogens is 2. The molecule has 0 saturated carbocycles. The van der Waals surface area contributed by atoms with E-state index in [0.29, 0.717) is 5.65 Å². The van der Waals surface area contributed by atoms with Gasteiger partial charge in [-0.15, -0.1) is 0 Å². The van der Waals surface area contributed by atoms with Gasteiger partial charge in [0.05, 0.1) is 5.69 Å². The summed E-state index contributed by atoms with van der Waals surface area (Å²) >= 11 is 0. The highest BCUT2D eigenvalue weighted by molar-refractivity contribution is 6.38. The zero-order valence-corrected chi connectivity index (χ0v) is 8.88. The molecular formula is C10H12B2N2O. The van der Waals surface area contributed by atoms with Crippen molar-refractivity contribution in [2.24, 2.45) is 0 Å². The second kappa shape index (κ2) is 4.53. The smallest absolute Gasteiger partial charge is 0.137 e. The van der Waals surface area contributed by atoms with E-state index in [1.807, 2.05) is 26.0 Å². The fourth-order valence-corrected chi connectivity index (χ4v) is 1.13. The Hall–Kier alpha value is -1.22. The Morgan fingerprint density at radius 1 is 1.33 bits per heavy atom. The van der Waals surface area contributed by atoms with Gasteiger partial charge in [-0.25, -0.2) is 4.98 Å². The van der Waals surface area contributed by atoms with Gasteiger partial charge in [0.1, 0.15) is 21.3 Å².